The van der Waals surface area contributed by atoms with Gasteiger partial charge in [0.15, 0.2) is 9.84 Å². The number of alkyl halides is 3. The van der Waals surface area contributed by atoms with Crippen LogP contribution in [-0.2, 0) is 16.0 Å². The van der Waals surface area contributed by atoms with E-state index in [-0.39, 0.29) is 17.2 Å². The molecule has 148 valence electrons. The number of carbonyl (C=O) groups excluding carboxylic acids is 1. The van der Waals surface area contributed by atoms with Crippen LogP contribution in [0.25, 0.3) is 0 Å². The zero-order valence-electron chi connectivity index (χ0n) is 14.2. The summed E-state index contributed by atoms with van der Waals surface area (Å²) in [6, 6.07) is 9.22. The van der Waals surface area contributed by atoms with Crippen LogP contribution in [0.15, 0.2) is 53.0 Å². The predicted molar refractivity (Wildman–Crippen MR) is 102 cm³/mol. The molecule has 0 saturated carbocycles. The first-order chi connectivity index (χ1) is 13.1. The van der Waals surface area contributed by atoms with E-state index in [1.165, 1.54) is 21.9 Å². The van der Waals surface area contributed by atoms with Gasteiger partial charge >= 0.3 is 12.2 Å². The van der Waals surface area contributed by atoms with E-state index in [0.717, 1.165) is 16.6 Å². The van der Waals surface area contributed by atoms with Crippen LogP contribution in [0.1, 0.15) is 5.56 Å². The largest absolute Gasteiger partial charge is 0.416 e. The van der Waals surface area contributed by atoms with Crippen molar-refractivity contribution in [3.63, 3.8) is 0 Å². The van der Waals surface area contributed by atoms with E-state index in [1.54, 1.807) is 24.3 Å². The lowest BCUT2D eigenvalue weighted by atomic mass is 10.1. The van der Waals surface area contributed by atoms with Gasteiger partial charge < -0.3 is 0 Å². The molecular weight excluding hydrogens is 461 g/mol. The minimum Gasteiger partial charge on any atom is -0.288 e. The highest BCUT2D eigenvalue weighted by Crippen LogP contribution is 2.40. The number of amides is 2. The molecule has 0 N–H and O–H groups in total. The highest BCUT2D eigenvalue weighted by Gasteiger charge is 2.54. The van der Waals surface area contributed by atoms with Gasteiger partial charge in [0, 0.05) is 15.8 Å². The first-order valence-electron chi connectivity index (χ1n) is 8.32. The Morgan fingerprint density at radius 3 is 2.07 bits per heavy atom. The van der Waals surface area contributed by atoms with Crippen molar-refractivity contribution in [2.24, 2.45) is 0 Å². The smallest absolute Gasteiger partial charge is 0.288 e. The standard InChI is InChI=1S/C18H14BrF3N2O3S/c19-12-4-6-13(7-5-12)23-15-9-28(26,27)10-16(15)24(17(23)25)14-3-1-2-11(8-14)18(20,21)22/h1-8,15-16H,9-10H2. The Morgan fingerprint density at radius 2 is 1.50 bits per heavy atom. The molecule has 0 radical (unpaired) electrons. The van der Waals surface area contributed by atoms with Crippen LogP contribution in [0.3, 0.4) is 0 Å². The van der Waals surface area contributed by atoms with Crippen molar-refractivity contribution >= 4 is 43.2 Å². The molecule has 0 bridgehead atoms. The quantitative estimate of drug-likeness (QED) is 0.616. The maximum absolute atomic E-state index is 13.1. The molecule has 2 heterocycles. The summed E-state index contributed by atoms with van der Waals surface area (Å²) in [4.78, 5) is 15.7. The molecular formula is C18H14BrF3N2O3S. The number of nitrogens with zero attached hydrogens (tertiary/aromatic N) is 2. The fraction of sp³-hybridized carbons (Fsp3) is 0.278. The summed E-state index contributed by atoms with van der Waals surface area (Å²) < 4.78 is 64.6. The minimum atomic E-state index is -4.56. The van der Waals surface area contributed by atoms with Gasteiger partial charge in [-0.15, -0.1) is 0 Å². The van der Waals surface area contributed by atoms with Crippen LogP contribution in [0.5, 0.6) is 0 Å². The molecule has 28 heavy (non-hydrogen) atoms. The molecule has 2 saturated heterocycles. The molecule has 0 aliphatic carbocycles. The average molecular weight is 475 g/mol. The van der Waals surface area contributed by atoms with Gasteiger partial charge in [-0.05, 0) is 42.5 Å². The van der Waals surface area contributed by atoms with E-state index in [4.69, 9.17) is 0 Å². The van der Waals surface area contributed by atoms with Crippen molar-refractivity contribution in [2.75, 3.05) is 21.3 Å². The van der Waals surface area contributed by atoms with Crippen LogP contribution in [0.2, 0.25) is 0 Å². The third kappa shape index (κ3) is 3.28. The Kier molecular flexibility index (Phi) is 4.46. The zero-order valence-corrected chi connectivity index (χ0v) is 16.6. The zero-order chi connectivity index (χ0) is 20.3. The molecule has 2 unspecified atom stereocenters. The topological polar surface area (TPSA) is 57.7 Å². The third-order valence-corrected chi connectivity index (χ3v) is 7.15. The molecule has 4 rings (SSSR count). The number of anilines is 2. The Morgan fingerprint density at radius 1 is 0.929 bits per heavy atom. The Bertz CT molecular complexity index is 1040. The lowest BCUT2D eigenvalue weighted by Crippen LogP contribution is -2.38. The van der Waals surface area contributed by atoms with Gasteiger partial charge in [0.05, 0.1) is 29.2 Å². The Labute approximate surface area is 167 Å². The molecule has 2 aromatic rings. The number of hydrogen-bond donors (Lipinski definition) is 0. The van der Waals surface area contributed by atoms with Gasteiger partial charge in [0.1, 0.15) is 0 Å². The summed E-state index contributed by atoms with van der Waals surface area (Å²) in [5.41, 5.74) is -0.362. The molecule has 2 atom stereocenters. The normalized spacial score (nSPS) is 23.9. The van der Waals surface area contributed by atoms with Gasteiger partial charge in [-0.3, -0.25) is 9.80 Å². The second-order valence-electron chi connectivity index (χ2n) is 6.76. The number of fused-ring (bicyclic) bond motifs is 1. The first-order valence-corrected chi connectivity index (χ1v) is 10.9. The Balaban J connectivity index is 1.80. The molecule has 2 aromatic carbocycles. The van der Waals surface area contributed by atoms with Crippen molar-refractivity contribution in [1.29, 1.82) is 0 Å². The molecule has 2 fully saturated rings. The summed E-state index contributed by atoms with van der Waals surface area (Å²) >= 11 is 3.30. The van der Waals surface area contributed by atoms with E-state index in [9.17, 15) is 26.4 Å². The third-order valence-electron chi connectivity index (χ3n) is 4.93. The van der Waals surface area contributed by atoms with E-state index in [0.29, 0.717) is 5.69 Å². The van der Waals surface area contributed by atoms with Crippen molar-refractivity contribution < 1.29 is 26.4 Å². The summed E-state index contributed by atoms with van der Waals surface area (Å²) in [5, 5.41) is 0. The molecule has 10 heteroatoms. The van der Waals surface area contributed by atoms with E-state index >= 15 is 0 Å². The van der Waals surface area contributed by atoms with Gasteiger partial charge in [-0.1, -0.05) is 22.0 Å². The highest BCUT2D eigenvalue weighted by atomic mass is 79.9. The van der Waals surface area contributed by atoms with E-state index < -0.39 is 39.7 Å². The van der Waals surface area contributed by atoms with Gasteiger partial charge in [-0.25, -0.2) is 13.2 Å². The van der Waals surface area contributed by atoms with Gasteiger partial charge in [-0.2, -0.15) is 13.2 Å². The first kappa shape index (κ1) is 19.3. The van der Waals surface area contributed by atoms with Crippen LogP contribution >= 0.6 is 15.9 Å². The fourth-order valence-electron chi connectivity index (χ4n) is 3.74. The Hall–Kier alpha value is -2.07. The second-order valence-corrected chi connectivity index (χ2v) is 9.83. The van der Waals surface area contributed by atoms with Crippen molar-refractivity contribution in [3.8, 4) is 0 Å². The van der Waals surface area contributed by atoms with Crippen LogP contribution in [0, 0.1) is 0 Å². The van der Waals surface area contributed by atoms with Gasteiger partial charge in [0.25, 0.3) is 0 Å². The minimum absolute atomic E-state index is 0.0338. The van der Waals surface area contributed by atoms with Crippen molar-refractivity contribution in [1.82, 2.24) is 0 Å². The number of urea groups is 1. The van der Waals surface area contributed by atoms with Crippen LogP contribution in [-0.4, -0.2) is 38.0 Å². The monoisotopic (exact) mass is 474 g/mol. The number of sulfone groups is 1. The maximum atomic E-state index is 13.1. The second kappa shape index (κ2) is 6.48. The van der Waals surface area contributed by atoms with E-state index in [1.807, 2.05) is 0 Å². The highest BCUT2D eigenvalue weighted by molar-refractivity contribution is 9.10. The molecule has 0 spiro atoms. The molecule has 2 aliphatic heterocycles. The molecule has 0 aromatic heterocycles. The maximum Gasteiger partial charge on any atom is 0.416 e. The van der Waals surface area contributed by atoms with E-state index in [2.05, 4.69) is 15.9 Å². The molecule has 5 nitrogen and oxygen atoms in total. The average Bonchev–Trinajstić information content (AvgIpc) is 3.04. The number of rotatable bonds is 2. The number of hydrogen-bond acceptors (Lipinski definition) is 3. The summed E-state index contributed by atoms with van der Waals surface area (Å²) in [5.74, 6) is -0.512. The van der Waals surface area contributed by atoms with Crippen molar-refractivity contribution in [3.05, 3.63) is 58.6 Å². The summed E-state index contributed by atoms with van der Waals surface area (Å²) in [6.45, 7) is 0. The van der Waals surface area contributed by atoms with Crippen LogP contribution in [0.4, 0.5) is 29.3 Å². The predicted octanol–water partition coefficient (Wildman–Crippen LogP) is 4.08. The fourth-order valence-corrected chi connectivity index (χ4v) is 5.92. The summed E-state index contributed by atoms with van der Waals surface area (Å²) in [6.07, 6.45) is -4.56. The van der Waals surface area contributed by atoms with Crippen molar-refractivity contribution in [2.45, 2.75) is 18.3 Å². The number of carbonyl (C=O) groups is 1. The van der Waals surface area contributed by atoms with Crippen LogP contribution < -0.4 is 9.80 Å². The molecule has 2 amide bonds. The van der Waals surface area contributed by atoms with Gasteiger partial charge in [0.2, 0.25) is 0 Å². The number of benzene rings is 2. The molecule has 2 aliphatic rings. The summed E-state index contributed by atoms with van der Waals surface area (Å²) in [7, 11) is -3.42. The SMILES string of the molecule is O=C1N(c2ccc(Br)cc2)C2CS(=O)(=O)CC2N1c1cccc(C(F)(F)F)c1. The number of halogens is 4. The lowest BCUT2D eigenvalue weighted by Gasteiger charge is -2.23. The lowest BCUT2D eigenvalue weighted by molar-refractivity contribution is -0.137.